The molecular formula is C17H32N2O5S. The van der Waals surface area contributed by atoms with Crippen LogP contribution in [0.5, 0.6) is 0 Å². The van der Waals surface area contributed by atoms with Gasteiger partial charge in [0.15, 0.2) is 0 Å². The first kappa shape index (κ1) is 23.6. The monoisotopic (exact) mass is 376 g/mol. The summed E-state index contributed by atoms with van der Waals surface area (Å²) in [4.78, 5) is 36.4. The van der Waals surface area contributed by atoms with Crippen LogP contribution in [0.2, 0.25) is 0 Å². The van der Waals surface area contributed by atoms with Crippen LogP contribution in [0.25, 0.3) is 0 Å². The predicted molar refractivity (Wildman–Crippen MR) is 99.6 cm³/mol. The topological polar surface area (TPSA) is 93.7 Å². The van der Waals surface area contributed by atoms with E-state index in [1.54, 1.807) is 32.5 Å². The number of carbonyl (C=O) groups excluding carboxylic acids is 3. The molecule has 0 unspecified atom stereocenters. The zero-order valence-electron chi connectivity index (χ0n) is 16.3. The number of thioether (sulfide) groups is 1. The van der Waals surface area contributed by atoms with Crippen LogP contribution in [0.4, 0.5) is 4.79 Å². The fraction of sp³-hybridized carbons (Fsp3) is 0.824. The van der Waals surface area contributed by atoms with Crippen LogP contribution in [-0.4, -0.2) is 54.8 Å². The molecule has 0 saturated heterocycles. The molecular weight excluding hydrogens is 344 g/mol. The van der Waals surface area contributed by atoms with E-state index in [2.05, 4.69) is 10.6 Å². The third-order valence-electron chi connectivity index (χ3n) is 3.13. The van der Waals surface area contributed by atoms with E-state index < -0.39 is 35.7 Å². The fourth-order valence-corrected chi connectivity index (χ4v) is 2.52. The summed E-state index contributed by atoms with van der Waals surface area (Å²) < 4.78 is 9.96. The molecule has 7 nitrogen and oxygen atoms in total. The van der Waals surface area contributed by atoms with Crippen LogP contribution < -0.4 is 10.6 Å². The highest BCUT2D eigenvalue weighted by atomic mass is 32.2. The number of rotatable bonds is 9. The number of amides is 2. The van der Waals surface area contributed by atoms with E-state index in [1.165, 1.54) is 7.11 Å². The van der Waals surface area contributed by atoms with Crippen molar-refractivity contribution in [3.05, 3.63) is 0 Å². The molecule has 2 atom stereocenters. The Kier molecular flexibility index (Phi) is 10.6. The molecule has 0 aromatic rings. The van der Waals surface area contributed by atoms with Crippen molar-refractivity contribution < 1.29 is 23.9 Å². The van der Waals surface area contributed by atoms with E-state index in [4.69, 9.17) is 9.47 Å². The summed E-state index contributed by atoms with van der Waals surface area (Å²) in [7, 11) is 1.28. The van der Waals surface area contributed by atoms with Crippen molar-refractivity contribution in [3.8, 4) is 0 Å². The highest BCUT2D eigenvalue weighted by molar-refractivity contribution is 7.98. The Labute approximate surface area is 155 Å². The average Bonchev–Trinajstić information content (AvgIpc) is 2.47. The zero-order chi connectivity index (χ0) is 19.6. The second-order valence-electron chi connectivity index (χ2n) is 7.19. The highest BCUT2D eigenvalue weighted by Gasteiger charge is 2.29. The first-order chi connectivity index (χ1) is 11.5. The van der Waals surface area contributed by atoms with Crippen LogP contribution in [0.3, 0.4) is 0 Å². The van der Waals surface area contributed by atoms with Crippen molar-refractivity contribution in [2.24, 2.45) is 5.92 Å². The summed E-state index contributed by atoms with van der Waals surface area (Å²) in [6.45, 7) is 9.14. The SMILES string of the molecule is COC(=O)[C@@H](CCSC)NC(=O)[C@@H](CC(C)C)NC(=O)OC(C)(C)C. The quantitative estimate of drug-likeness (QED) is 0.600. The second kappa shape index (κ2) is 11.2. The Bertz CT molecular complexity index is 449. The Morgan fingerprint density at radius 3 is 2.12 bits per heavy atom. The lowest BCUT2D eigenvalue weighted by molar-refractivity contribution is -0.145. The normalized spacial score (nSPS) is 13.8. The number of methoxy groups -OCH3 is 1. The number of nitrogens with one attached hydrogen (secondary N) is 2. The van der Waals surface area contributed by atoms with E-state index in [0.29, 0.717) is 18.6 Å². The van der Waals surface area contributed by atoms with Crippen molar-refractivity contribution in [2.45, 2.75) is 65.1 Å². The largest absolute Gasteiger partial charge is 0.467 e. The van der Waals surface area contributed by atoms with Gasteiger partial charge in [0.2, 0.25) is 5.91 Å². The van der Waals surface area contributed by atoms with Crippen LogP contribution >= 0.6 is 11.8 Å². The lowest BCUT2D eigenvalue weighted by Gasteiger charge is -2.25. The molecule has 8 heteroatoms. The number of carbonyl (C=O) groups is 3. The number of hydrogen-bond donors (Lipinski definition) is 2. The summed E-state index contributed by atoms with van der Waals surface area (Å²) in [6.07, 6.45) is 2.15. The van der Waals surface area contributed by atoms with Gasteiger partial charge in [0.05, 0.1) is 7.11 Å². The van der Waals surface area contributed by atoms with Gasteiger partial charge >= 0.3 is 12.1 Å². The molecule has 0 radical (unpaired) electrons. The molecule has 0 aliphatic rings. The summed E-state index contributed by atoms with van der Waals surface area (Å²) in [5.41, 5.74) is -0.657. The van der Waals surface area contributed by atoms with Crippen molar-refractivity contribution in [2.75, 3.05) is 19.1 Å². The van der Waals surface area contributed by atoms with Gasteiger partial charge in [-0.2, -0.15) is 11.8 Å². The molecule has 2 N–H and O–H groups in total. The molecule has 0 heterocycles. The Balaban J connectivity index is 5.01. The molecule has 146 valence electrons. The van der Waals surface area contributed by atoms with Gasteiger partial charge in [-0.25, -0.2) is 9.59 Å². The standard InChI is InChI=1S/C17H32N2O5S/c1-11(2)10-13(19-16(22)24-17(3,4)5)14(20)18-12(8-9-25-7)15(21)23-6/h11-13H,8-10H2,1-7H3,(H,18,20)(H,19,22)/t12-,13-/m1/s1. The van der Waals surface area contributed by atoms with E-state index in [1.807, 2.05) is 20.1 Å². The summed E-state index contributed by atoms with van der Waals surface area (Å²) in [5, 5.41) is 5.27. The summed E-state index contributed by atoms with van der Waals surface area (Å²) in [5.74, 6) is -0.0403. The van der Waals surface area contributed by atoms with Gasteiger partial charge in [0.25, 0.3) is 0 Å². The van der Waals surface area contributed by atoms with Gasteiger partial charge in [0.1, 0.15) is 17.7 Å². The van der Waals surface area contributed by atoms with Gasteiger partial charge in [-0.1, -0.05) is 13.8 Å². The van der Waals surface area contributed by atoms with Gasteiger partial charge in [0, 0.05) is 0 Å². The minimum atomic E-state index is -0.781. The average molecular weight is 377 g/mol. The predicted octanol–water partition coefficient (Wildman–Crippen LogP) is 2.34. The molecule has 0 rings (SSSR count). The molecule has 2 amide bonds. The molecule has 25 heavy (non-hydrogen) atoms. The van der Waals surface area contributed by atoms with Crippen LogP contribution in [-0.2, 0) is 19.1 Å². The zero-order valence-corrected chi connectivity index (χ0v) is 17.1. The number of hydrogen-bond acceptors (Lipinski definition) is 6. The third kappa shape index (κ3) is 10.9. The molecule has 0 aliphatic heterocycles. The second-order valence-corrected chi connectivity index (χ2v) is 8.18. The first-order valence-electron chi connectivity index (χ1n) is 8.36. The van der Waals surface area contributed by atoms with Crippen LogP contribution in [0.1, 0.15) is 47.5 Å². The smallest absolute Gasteiger partial charge is 0.408 e. The van der Waals surface area contributed by atoms with Gasteiger partial charge in [-0.3, -0.25) is 4.79 Å². The lowest BCUT2D eigenvalue weighted by Crippen LogP contribution is -2.53. The van der Waals surface area contributed by atoms with Crippen LogP contribution in [0, 0.1) is 5.92 Å². The minimum absolute atomic E-state index is 0.175. The first-order valence-corrected chi connectivity index (χ1v) is 9.76. The maximum absolute atomic E-state index is 12.6. The number of esters is 1. The highest BCUT2D eigenvalue weighted by Crippen LogP contribution is 2.10. The molecule has 0 fully saturated rings. The summed E-state index contributed by atoms with van der Waals surface area (Å²) >= 11 is 1.57. The molecule has 0 aromatic heterocycles. The molecule has 0 spiro atoms. The molecule has 0 aliphatic carbocycles. The van der Waals surface area contributed by atoms with Crippen LogP contribution in [0.15, 0.2) is 0 Å². The van der Waals surface area contributed by atoms with E-state index in [-0.39, 0.29) is 5.92 Å². The maximum atomic E-state index is 12.6. The minimum Gasteiger partial charge on any atom is -0.467 e. The van der Waals surface area contributed by atoms with E-state index >= 15 is 0 Å². The van der Waals surface area contributed by atoms with Gasteiger partial charge in [-0.15, -0.1) is 0 Å². The third-order valence-corrected chi connectivity index (χ3v) is 3.77. The maximum Gasteiger partial charge on any atom is 0.408 e. The molecule has 0 aromatic carbocycles. The molecule has 0 bridgehead atoms. The number of ether oxygens (including phenoxy) is 2. The van der Waals surface area contributed by atoms with Gasteiger partial charge < -0.3 is 20.1 Å². The Hall–Kier alpha value is -1.44. The van der Waals surface area contributed by atoms with Crippen molar-refractivity contribution in [1.29, 1.82) is 0 Å². The van der Waals surface area contributed by atoms with Gasteiger partial charge in [-0.05, 0) is 51.5 Å². The van der Waals surface area contributed by atoms with Crippen molar-refractivity contribution in [1.82, 2.24) is 10.6 Å². The van der Waals surface area contributed by atoms with Crippen molar-refractivity contribution >= 4 is 29.7 Å². The summed E-state index contributed by atoms with van der Waals surface area (Å²) in [6, 6.07) is -1.52. The fourth-order valence-electron chi connectivity index (χ4n) is 2.05. The Morgan fingerprint density at radius 1 is 1.08 bits per heavy atom. The van der Waals surface area contributed by atoms with Crippen molar-refractivity contribution in [3.63, 3.8) is 0 Å². The van der Waals surface area contributed by atoms with E-state index in [0.717, 1.165) is 0 Å². The molecule has 0 saturated carbocycles. The van der Waals surface area contributed by atoms with E-state index in [9.17, 15) is 14.4 Å². The Morgan fingerprint density at radius 2 is 1.68 bits per heavy atom. The number of alkyl carbamates (subject to hydrolysis) is 1. The lowest BCUT2D eigenvalue weighted by atomic mass is 10.0.